The standard InChI is InChI=1S/C26H26INO4/c27-22-16-17-23(31-26(22)30)24(20-12-6-2-7-13-20)28(18-19-10-4-1-5-11-19)32-25(29)21-14-8-3-9-15-21/h1-15,22-24,26,30H,16-18H2/t22?,23?,24-,26?/m1/s1. The van der Waals surface area contributed by atoms with Gasteiger partial charge in [0, 0.05) is 0 Å². The fourth-order valence-electron chi connectivity index (χ4n) is 3.93. The highest BCUT2D eigenvalue weighted by atomic mass is 127. The van der Waals surface area contributed by atoms with Crippen LogP contribution in [-0.2, 0) is 16.1 Å². The zero-order chi connectivity index (χ0) is 22.3. The number of hydrogen-bond acceptors (Lipinski definition) is 5. The molecule has 1 saturated heterocycles. The zero-order valence-corrected chi connectivity index (χ0v) is 19.7. The van der Waals surface area contributed by atoms with E-state index in [1.165, 1.54) is 0 Å². The largest absolute Gasteiger partial charge is 0.367 e. The minimum absolute atomic E-state index is 0.0368. The summed E-state index contributed by atoms with van der Waals surface area (Å²) in [5.41, 5.74) is 2.46. The van der Waals surface area contributed by atoms with Crippen LogP contribution in [0.3, 0.4) is 0 Å². The first-order chi connectivity index (χ1) is 15.6. The number of hydroxylamine groups is 2. The molecule has 0 amide bonds. The summed E-state index contributed by atoms with van der Waals surface area (Å²) in [7, 11) is 0. The van der Waals surface area contributed by atoms with E-state index in [0.29, 0.717) is 12.1 Å². The Bertz CT molecular complexity index is 986. The van der Waals surface area contributed by atoms with Crippen molar-refractivity contribution in [2.75, 3.05) is 0 Å². The highest BCUT2D eigenvalue weighted by Crippen LogP contribution is 2.36. The number of aliphatic hydroxyl groups excluding tert-OH is 1. The minimum atomic E-state index is -0.857. The van der Waals surface area contributed by atoms with Crippen LogP contribution >= 0.6 is 22.6 Å². The van der Waals surface area contributed by atoms with E-state index >= 15 is 0 Å². The van der Waals surface area contributed by atoms with Crippen molar-refractivity contribution in [2.24, 2.45) is 0 Å². The molecule has 1 aliphatic rings. The monoisotopic (exact) mass is 543 g/mol. The third-order valence-electron chi connectivity index (χ3n) is 5.54. The van der Waals surface area contributed by atoms with E-state index in [1.807, 2.05) is 78.9 Å². The van der Waals surface area contributed by atoms with Crippen LogP contribution in [0.5, 0.6) is 0 Å². The van der Waals surface area contributed by atoms with Gasteiger partial charge in [-0.25, -0.2) is 4.79 Å². The molecule has 1 heterocycles. The molecule has 1 fully saturated rings. The average Bonchev–Trinajstić information content (AvgIpc) is 2.83. The quantitative estimate of drug-likeness (QED) is 0.249. The molecule has 4 rings (SSSR count). The van der Waals surface area contributed by atoms with Crippen LogP contribution in [0.15, 0.2) is 91.0 Å². The highest BCUT2D eigenvalue weighted by molar-refractivity contribution is 14.1. The van der Waals surface area contributed by atoms with Gasteiger partial charge in [0.05, 0.1) is 28.2 Å². The summed E-state index contributed by atoms with van der Waals surface area (Å²) in [4.78, 5) is 19.0. The van der Waals surface area contributed by atoms with Gasteiger partial charge in [0.15, 0.2) is 6.29 Å². The number of carbonyl (C=O) groups is 1. The van der Waals surface area contributed by atoms with Gasteiger partial charge in [0.2, 0.25) is 0 Å². The number of rotatable bonds is 7. The first kappa shape index (κ1) is 22.9. The van der Waals surface area contributed by atoms with Gasteiger partial charge in [-0.3, -0.25) is 0 Å². The number of aliphatic hydroxyl groups is 1. The second-order valence-electron chi connectivity index (χ2n) is 7.82. The SMILES string of the molecule is O=C(ON(Cc1ccccc1)[C@H](c1ccccc1)C1CCC(I)C(O)O1)c1ccccc1. The van der Waals surface area contributed by atoms with E-state index in [-0.39, 0.29) is 16.1 Å². The molecule has 0 radical (unpaired) electrons. The lowest BCUT2D eigenvalue weighted by Gasteiger charge is -2.40. The van der Waals surface area contributed by atoms with Crippen molar-refractivity contribution in [3.8, 4) is 0 Å². The third-order valence-corrected chi connectivity index (χ3v) is 6.78. The third kappa shape index (κ3) is 5.75. The van der Waals surface area contributed by atoms with E-state index in [9.17, 15) is 9.90 Å². The predicted octanol–water partition coefficient (Wildman–Crippen LogP) is 5.30. The number of nitrogens with zero attached hydrogens (tertiary/aromatic N) is 1. The van der Waals surface area contributed by atoms with E-state index < -0.39 is 12.3 Å². The summed E-state index contributed by atoms with van der Waals surface area (Å²) in [6.07, 6.45) is 0.384. The van der Waals surface area contributed by atoms with E-state index in [4.69, 9.17) is 9.57 Å². The first-order valence-corrected chi connectivity index (χ1v) is 12.0. The Labute approximate surface area is 202 Å². The van der Waals surface area contributed by atoms with Crippen molar-refractivity contribution >= 4 is 28.6 Å². The van der Waals surface area contributed by atoms with Crippen molar-refractivity contribution in [2.45, 2.75) is 41.7 Å². The van der Waals surface area contributed by atoms with E-state index in [2.05, 4.69) is 22.6 Å². The molecule has 166 valence electrons. The van der Waals surface area contributed by atoms with Crippen molar-refractivity contribution in [3.05, 3.63) is 108 Å². The normalized spacial score (nSPS) is 21.8. The summed E-state index contributed by atoms with van der Waals surface area (Å²) in [5.74, 6) is -0.425. The second-order valence-corrected chi connectivity index (χ2v) is 9.42. The Morgan fingerprint density at radius 3 is 2.19 bits per heavy atom. The Morgan fingerprint density at radius 2 is 1.56 bits per heavy atom. The smallest absolute Gasteiger partial charge is 0.357 e. The number of carbonyl (C=O) groups excluding carboxylic acids is 1. The van der Waals surface area contributed by atoms with Gasteiger partial charge in [-0.1, -0.05) is 101 Å². The van der Waals surface area contributed by atoms with Crippen LogP contribution in [0, 0.1) is 0 Å². The van der Waals surface area contributed by atoms with Crippen LogP contribution in [0.1, 0.15) is 40.4 Å². The van der Waals surface area contributed by atoms with Gasteiger partial charge >= 0.3 is 5.97 Å². The molecule has 0 saturated carbocycles. The molecule has 3 aromatic carbocycles. The molecule has 0 bridgehead atoms. The topological polar surface area (TPSA) is 59.0 Å². The summed E-state index contributed by atoms with van der Waals surface area (Å²) >= 11 is 2.22. The average molecular weight is 543 g/mol. The highest BCUT2D eigenvalue weighted by Gasteiger charge is 2.38. The Balaban J connectivity index is 1.69. The molecule has 3 aromatic rings. The van der Waals surface area contributed by atoms with Gasteiger partial charge in [-0.15, -0.1) is 5.06 Å². The summed E-state index contributed by atoms with van der Waals surface area (Å²) in [5, 5.41) is 12.1. The molecule has 1 N–H and O–H groups in total. The van der Waals surface area contributed by atoms with Crippen LogP contribution in [0.25, 0.3) is 0 Å². The molecule has 6 heteroatoms. The van der Waals surface area contributed by atoms with Crippen molar-refractivity contribution < 1.29 is 19.5 Å². The molecule has 0 spiro atoms. The molecular weight excluding hydrogens is 517 g/mol. The molecule has 0 aromatic heterocycles. The number of benzene rings is 3. The molecule has 1 aliphatic heterocycles. The molecule has 32 heavy (non-hydrogen) atoms. The first-order valence-electron chi connectivity index (χ1n) is 10.7. The lowest BCUT2D eigenvalue weighted by molar-refractivity contribution is -0.223. The van der Waals surface area contributed by atoms with Crippen molar-refractivity contribution in [1.82, 2.24) is 5.06 Å². The Kier molecular flexibility index (Phi) is 7.91. The Hall–Kier alpha value is -2.26. The summed E-state index contributed by atoms with van der Waals surface area (Å²) in [6, 6.07) is 28.4. The fraction of sp³-hybridized carbons (Fsp3) is 0.269. The maximum atomic E-state index is 13.0. The summed E-state index contributed by atoms with van der Waals surface area (Å²) < 4.78 is 6.07. The van der Waals surface area contributed by atoms with Crippen LogP contribution in [-0.4, -0.2) is 32.5 Å². The van der Waals surface area contributed by atoms with Crippen molar-refractivity contribution in [3.63, 3.8) is 0 Å². The second kappa shape index (κ2) is 11.0. The number of hydrogen-bond donors (Lipinski definition) is 1. The zero-order valence-electron chi connectivity index (χ0n) is 17.6. The molecule has 5 nitrogen and oxygen atoms in total. The van der Waals surface area contributed by atoms with Crippen LogP contribution in [0.4, 0.5) is 0 Å². The van der Waals surface area contributed by atoms with Gasteiger partial charge in [0.25, 0.3) is 0 Å². The van der Waals surface area contributed by atoms with Gasteiger partial charge < -0.3 is 14.7 Å². The maximum Gasteiger partial charge on any atom is 0.357 e. The van der Waals surface area contributed by atoms with Crippen LogP contribution in [0.2, 0.25) is 0 Å². The fourth-order valence-corrected chi connectivity index (χ4v) is 4.46. The molecule has 3 unspecified atom stereocenters. The predicted molar refractivity (Wildman–Crippen MR) is 131 cm³/mol. The van der Waals surface area contributed by atoms with Crippen LogP contribution < -0.4 is 0 Å². The van der Waals surface area contributed by atoms with E-state index in [1.54, 1.807) is 17.2 Å². The van der Waals surface area contributed by atoms with Gasteiger partial charge in [-0.2, -0.15) is 0 Å². The molecule has 0 aliphatic carbocycles. The number of halogens is 1. The molecular formula is C26H26INO4. The number of alkyl halides is 1. The minimum Gasteiger partial charge on any atom is -0.367 e. The molecule has 4 atom stereocenters. The summed E-state index contributed by atoms with van der Waals surface area (Å²) in [6.45, 7) is 0.391. The lowest BCUT2D eigenvalue weighted by Crippen LogP contribution is -2.45. The number of ether oxygens (including phenoxy) is 1. The maximum absolute atomic E-state index is 13.0. The van der Waals surface area contributed by atoms with Gasteiger partial charge in [-0.05, 0) is 36.1 Å². The van der Waals surface area contributed by atoms with E-state index in [0.717, 1.165) is 24.0 Å². The Morgan fingerprint density at radius 1 is 0.969 bits per heavy atom. The van der Waals surface area contributed by atoms with Gasteiger partial charge in [0.1, 0.15) is 0 Å². The van der Waals surface area contributed by atoms with Crippen molar-refractivity contribution in [1.29, 1.82) is 0 Å². The lowest BCUT2D eigenvalue weighted by atomic mass is 9.94.